The first-order chi connectivity index (χ1) is 8.09. The number of nitrogens with one attached hydrogen (secondary N) is 1. The second-order valence-electron chi connectivity index (χ2n) is 4.18. The van der Waals surface area contributed by atoms with E-state index < -0.39 is 0 Å². The third kappa shape index (κ3) is 2.88. The monoisotopic (exact) mass is 243 g/mol. The van der Waals surface area contributed by atoms with Gasteiger partial charge in [-0.25, -0.2) is 4.79 Å². The molecule has 1 saturated heterocycles. The van der Waals surface area contributed by atoms with Crippen molar-refractivity contribution in [1.82, 2.24) is 15.1 Å². The second-order valence-corrected chi connectivity index (χ2v) is 4.18. The Morgan fingerprint density at radius 1 is 1.53 bits per heavy atom. The van der Waals surface area contributed by atoms with Gasteiger partial charge in [0.05, 0.1) is 12.3 Å². The van der Waals surface area contributed by atoms with E-state index in [1.54, 1.807) is 23.8 Å². The molecular formula is C11H21N3O3. The summed E-state index contributed by atoms with van der Waals surface area (Å²) >= 11 is 0. The highest BCUT2D eigenvalue weighted by atomic mass is 16.6. The lowest BCUT2D eigenvalue weighted by Gasteiger charge is -2.45. The molecule has 1 aliphatic heterocycles. The number of carbonyl (C=O) groups excluding carboxylic acids is 2. The van der Waals surface area contributed by atoms with Gasteiger partial charge < -0.3 is 14.5 Å². The van der Waals surface area contributed by atoms with Crippen LogP contribution in [0.25, 0.3) is 0 Å². The minimum Gasteiger partial charge on any atom is -0.450 e. The van der Waals surface area contributed by atoms with Crippen LogP contribution in [0.5, 0.6) is 0 Å². The molecule has 0 aliphatic carbocycles. The molecule has 0 aromatic heterocycles. The van der Waals surface area contributed by atoms with Crippen molar-refractivity contribution in [2.24, 2.45) is 0 Å². The molecule has 1 rings (SSSR count). The summed E-state index contributed by atoms with van der Waals surface area (Å²) in [7, 11) is 3.59. The van der Waals surface area contributed by atoms with Crippen molar-refractivity contribution in [3.05, 3.63) is 0 Å². The molecule has 0 spiro atoms. The lowest BCUT2D eigenvalue weighted by molar-refractivity contribution is -0.125. The smallest absolute Gasteiger partial charge is 0.409 e. The van der Waals surface area contributed by atoms with E-state index in [0.29, 0.717) is 32.5 Å². The van der Waals surface area contributed by atoms with Gasteiger partial charge in [-0.05, 0) is 14.0 Å². The molecule has 1 fully saturated rings. The Hall–Kier alpha value is -1.30. The molecule has 6 nitrogen and oxygen atoms in total. The Morgan fingerprint density at radius 3 is 2.53 bits per heavy atom. The molecule has 0 unspecified atom stereocenters. The molecule has 1 heterocycles. The number of hydrogen-bond donors (Lipinski definition) is 1. The van der Waals surface area contributed by atoms with Crippen LogP contribution in [0.1, 0.15) is 19.8 Å². The predicted molar refractivity (Wildman–Crippen MR) is 63.4 cm³/mol. The zero-order valence-corrected chi connectivity index (χ0v) is 10.7. The highest BCUT2D eigenvalue weighted by molar-refractivity contribution is 5.67. The van der Waals surface area contributed by atoms with Crippen molar-refractivity contribution in [2.75, 3.05) is 33.8 Å². The Morgan fingerprint density at radius 2 is 2.12 bits per heavy atom. The van der Waals surface area contributed by atoms with Crippen molar-refractivity contribution in [1.29, 1.82) is 0 Å². The Labute approximate surface area is 102 Å². The molecule has 0 atom stereocenters. The van der Waals surface area contributed by atoms with Crippen LogP contribution in [0.3, 0.4) is 0 Å². The average Bonchev–Trinajstić information content (AvgIpc) is 2.38. The number of likely N-dealkylation sites (tertiary alicyclic amines) is 1. The van der Waals surface area contributed by atoms with Crippen molar-refractivity contribution < 1.29 is 14.3 Å². The van der Waals surface area contributed by atoms with Crippen LogP contribution >= 0.6 is 0 Å². The topological polar surface area (TPSA) is 61.9 Å². The van der Waals surface area contributed by atoms with Gasteiger partial charge in [0.2, 0.25) is 6.41 Å². The fraction of sp³-hybridized carbons (Fsp3) is 0.818. The Kier molecular flexibility index (Phi) is 4.74. The molecule has 6 heteroatoms. The minimum atomic E-state index is -0.343. The normalized spacial score (nSPS) is 18.6. The van der Waals surface area contributed by atoms with Crippen molar-refractivity contribution >= 4 is 12.5 Å². The maximum atomic E-state index is 11.5. The summed E-state index contributed by atoms with van der Waals surface area (Å²) < 4.78 is 4.95. The summed E-state index contributed by atoms with van der Waals surface area (Å²) in [4.78, 5) is 25.7. The van der Waals surface area contributed by atoms with Gasteiger partial charge in [-0.3, -0.25) is 10.1 Å². The van der Waals surface area contributed by atoms with Gasteiger partial charge in [0.1, 0.15) is 0 Å². The van der Waals surface area contributed by atoms with Gasteiger partial charge in [0.25, 0.3) is 0 Å². The van der Waals surface area contributed by atoms with Crippen LogP contribution in [0.4, 0.5) is 4.79 Å². The molecular weight excluding hydrogens is 222 g/mol. The van der Waals surface area contributed by atoms with Gasteiger partial charge in [0.15, 0.2) is 0 Å². The molecule has 98 valence electrons. The number of nitrogens with zero attached hydrogens (tertiary/aromatic N) is 2. The SMILES string of the molecule is CCOC(=O)N1CCC(NC)(N(C)C=O)CC1. The van der Waals surface area contributed by atoms with Gasteiger partial charge in [-0.15, -0.1) is 0 Å². The second kappa shape index (κ2) is 5.86. The predicted octanol–water partition coefficient (Wildman–Crippen LogP) is 0.243. The zero-order valence-electron chi connectivity index (χ0n) is 10.7. The number of piperidine rings is 1. The van der Waals surface area contributed by atoms with Gasteiger partial charge in [-0.2, -0.15) is 0 Å². The maximum absolute atomic E-state index is 11.5. The van der Waals surface area contributed by atoms with E-state index in [0.717, 1.165) is 6.41 Å². The number of rotatable bonds is 4. The lowest BCUT2D eigenvalue weighted by Crippen LogP contribution is -2.61. The van der Waals surface area contributed by atoms with E-state index in [2.05, 4.69) is 5.32 Å². The zero-order chi connectivity index (χ0) is 12.9. The number of carbonyl (C=O) groups is 2. The fourth-order valence-electron chi connectivity index (χ4n) is 2.15. The molecule has 0 aromatic rings. The summed E-state index contributed by atoms with van der Waals surface area (Å²) in [5.41, 5.74) is -0.343. The lowest BCUT2D eigenvalue weighted by atomic mass is 9.96. The molecule has 1 N–H and O–H groups in total. The molecule has 0 radical (unpaired) electrons. The summed E-state index contributed by atoms with van der Waals surface area (Å²) in [5, 5.41) is 3.18. The van der Waals surface area contributed by atoms with E-state index in [-0.39, 0.29) is 11.8 Å². The van der Waals surface area contributed by atoms with Crippen molar-refractivity contribution in [3.63, 3.8) is 0 Å². The minimum absolute atomic E-state index is 0.272. The first-order valence-electron chi connectivity index (χ1n) is 5.88. The number of hydrogen-bond acceptors (Lipinski definition) is 4. The summed E-state index contributed by atoms with van der Waals surface area (Å²) in [5.74, 6) is 0. The number of amides is 2. The molecule has 2 amide bonds. The third-order valence-corrected chi connectivity index (χ3v) is 3.42. The van der Waals surface area contributed by atoms with Crippen molar-refractivity contribution in [2.45, 2.75) is 25.4 Å². The van der Waals surface area contributed by atoms with E-state index in [9.17, 15) is 9.59 Å². The van der Waals surface area contributed by atoms with Crippen LogP contribution in [-0.4, -0.2) is 61.8 Å². The molecule has 0 aromatic carbocycles. The van der Waals surface area contributed by atoms with Gasteiger partial charge >= 0.3 is 6.09 Å². The molecule has 1 aliphatic rings. The molecule has 0 saturated carbocycles. The summed E-state index contributed by atoms with van der Waals surface area (Å²) in [6.45, 7) is 3.37. The first kappa shape index (κ1) is 13.8. The van der Waals surface area contributed by atoms with Crippen LogP contribution in [-0.2, 0) is 9.53 Å². The highest BCUT2D eigenvalue weighted by Gasteiger charge is 2.37. The van der Waals surface area contributed by atoms with Crippen LogP contribution < -0.4 is 5.32 Å². The Balaban J connectivity index is 2.59. The average molecular weight is 243 g/mol. The Bertz CT molecular complexity index is 275. The van der Waals surface area contributed by atoms with Crippen LogP contribution in [0.2, 0.25) is 0 Å². The van der Waals surface area contributed by atoms with E-state index in [1.165, 1.54) is 0 Å². The first-order valence-corrected chi connectivity index (χ1v) is 5.88. The fourth-order valence-corrected chi connectivity index (χ4v) is 2.15. The summed E-state index contributed by atoms with van der Waals surface area (Å²) in [6, 6.07) is 0. The van der Waals surface area contributed by atoms with E-state index in [4.69, 9.17) is 4.74 Å². The molecule has 0 bridgehead atoms. The van der Waals surface area contributed by atoms with Crippen LogP contribution in [0, 0.1) is 0 Å². The van der Waals surface area contributed by atoms with Crippen molar-refractivity contribution in [3.8, 4) is 0 Å². The summed E-state index contributed by atoms with van der Waals surface area (Å²) in [6.07, 6.45) is 1.96. The third-order valence-electron chi connectivity index (χ3n) is 3.42. The highest BCUT2D eigenvalue weighted by Crippen LogP contribution is 2.24. The largest absolute Gasteiger partial charge is 0.450 e. The molecule has 17 heavy (non-hydrogen) atoms. The van der Waals surface area contributed by atoms with Gasteiger partial charge in [0, 0.05) is 33.0 Å². The maximum Gasteiger partial charge on any atom is 0.409 e. The quantitative estimate of drug-likeness (QED) is 0.567. The standard InChI is InChI=1S/C11H21N3O3/c1-4-17-10(16)14-7-5-11(12-2,6-8-14)13(3)9-15/h9,12H,4-8H2,1-3H3. The number of ether oxygens (including phenoxy) is 1. The van der Waals surface area contributed by atoms with E-state index >= 15 is 0 Å². The van der Waals surface area contributed by atoms with E-state index in [1.807, 2.05) is 7.05 Å². The van der Waals surface area contributed by atoms with Crippen LogP contribution in [0.15, 0.2) is 0 Å². The van der Waals surface area contributed by atoms with Gasteiger partial charge in [-0.1, -0.05) is 0 Å².